The first-order chi connectivity index (χ1) is 18.9. The monoisotopic (exact) mass is 559 g/mol. The molecule has 2 aliphatic heterocycles. The molecule has 0 radical (unpaired) electrons. The van der Waals surface area contributed by atoms with Gasteiger partial charge in [0.1, 0.15) is 18.1 Å². The van der Waals surface area contributed by atoms with Crippen molar-refractivity contribution in [1.82, 2.24) is 15.1 Å². The largest absolute Gasteiger partial charge is 0.471 e. The minimum Gasteiger partial charge on any atom is -0.336 e. The lowest BCUT2D eigenvalue weighted by Gasteiger charge is -2.36. The normalized spacial score (nSPS) is 25.4. The van der Waals surface area contributed by atoms with E-state index in [2.05, 4.69) is 11.4 Å². The smallest absolute Gasteiger partial charge is 0.336 e. The number of fused-ring (bicyclic) bond motifs is 1. The summed E-state index contributed by atoms with van der Waals surface area (Å²) in [6.45, 7) is -0.0102. The number of anilines is 1. The number of rotatable bonds is 8. The van der Waals surface area contributed by atoms with Gasteiger partial charge in [-0.15, -0.1) is 0 Å². The molecule has 2 heterocycles. The van der Waals surface area contributed by atoms with Gasteiger partial charge in [0.2, 0.25) is 17.7 Å². The van der Waals surface area contributed by atoms with Crippen LogP contribution in [0.5, 0.6) is 0 Å². The molecule has 9 nitrogen and oxygen atoms in total. The molecule has 3 fully saturated rings. The van der Waals surface area contributed by atoms with Crippen molar-refractivity contribution in [2.24, 2.45) is 17.3 Å². The van der Waals surface area contributed by atoms with E-state index in [1.807, 2.05) is 23.5 Å². The molecule has 4 atom stereocenters. The number of carbonyl (C=O) groups is 4. The highest BCUT2D eigenvalue weighted by Gasteiger charge is 2.54. The van der Waals surface area contributed by atoms with Gasteiger partial charge >= 0.3 is 12.1 Å². The van der Waals surface area contributed by atoms with E-state index in [0.29, 0.717) is 18.5 Å². The fraction of sp³-hybridized carbons (Fsp3) is 0.607. The number of amides is 4. The zero-order valence-corrected chi connectivity index (χ0v) is 22.2. The number of halogens is 3. The van der Waals surface area contributed by atoms with Crippen LogP contribution in [0.25, 0.3) is 0 Å². The molecule has 40 heavy (non-hydrogen) atoms. The Morgan fingerprint density at radius 3 is 2.45 bits per heavy atom. The van der Waals surface area contributed by atoms with Gasteiger partial charge < -0.3 is 20.4 Å². The van der Waals surface area contributed by atoms with E-state index in [0.717, 1.165) is 36.1 Å². The Balaban J connectivity index is 1.37. The van der Waals surface area contributed by atoms with Crippen molar-refractivity contribution in [2.75, 3.05) is 18.9 Å². The van der Waals surface area contributed by atoms with Crippen LogP contribution >= 0.6 is 0 Å². The molecule has 2 N–H and O–H groups in total. The van der Waals surface area contributed by atoms with Crippen molar-refractivity contribution in [3.05, 3.63) is 29.8 Å². The predicted molar refractivity (Wildman–Crippen MR) is 136 cm³/mol. The SMILES string of the molecule is CN(C(=O)C(CC1CC1)NC(=O)C(F)(F)F)C(CC1CC1)C(=O)N1C[C@]2(Cc3ccccc3NC2=O)C[C@H]1C#N. The summed E-state index contributed by atoms with van der Waals surface area (Å²) in [6, 6.07) is 6.13. The topological polar surface area (TPSA) is 123 Å². The van der Waals surface area contributed by atoms with Crippen LogP contribution in [-0.4, -0.2) is 71.3 Å². The number of likely N-dealkylation sites (N-methyl/N-ethyl adjacent to an activating group) is 1. The van der Waals surface area contributed by atoms with Crippen molar-refractivity contribution in [2.45, 2.75) is 75.7 Å². The highest BCUT2D eigenvalue weighted by Crippen LogP contribution is 2.44. The maximum absolute atomic E-state index is 14.0. The summed E-state index contributed by atoms with van der Waals surface area (Å²) in [5.74, 6) is -3.55. The van der Waals surface area contributed by atoms with Crippen molar-refractivity contribution < 1.29 is 32.3 Å². The number of hydrogen-bond acceptors (Lipinski definition) is 5. The molecule has 12 heteroatoms. The number of nitrogens with zero attached hydrogens (tertiary/aromatic N) is 3. The molecule has 4 amide bonds. The summed E-state index contributed by atoms with van der Waals surface area (Å²) in [5, 5.41) is 14.7. The lowest BCUT2D eigenvalue weighted by molar-refractivity contribution is -0.175. The molecule has 1 aromatic carbocycles. The van der Waals surface area contributed by atoms with Crippen LogP contribution in [0, 0.1) is 28.6 Å². The van der Waals surface area contributed by atoms with Crippen molar-refractivity contribution in [3.63, 3.8) is 0 Å². The van der Waals surface area contributed by atoms with Crippen LogP contribution in [0.1, 0.15) is 50.5 Å². The maximum atomic E-state index is 14.0. The van der Waals surface area contributed by atoms with Gasteiger partial charge in [-0.05, 0) is 49.1 Å². The molecular weight excluding hydrogens is 527 g/mol. The van der Waals surface area contributed by atoms with Crippen LogP contribution in [0.3, 0.4) is 0 Å². The molecule has 1 aromatic rings. The summed E-state index contributed by atoms with van der Waals surface area (Å²) in [5.41, 5.74) is 0.584. The fourth-order valence-corrected chi connectivity index (χ4v) is 5.95. The lowest BCUT2D eigenvalue weighted by Crippen LogP contribution is -2.57. The van der Waals surface area contributed by atoms with Crippen LogP contribution < -0.4 is 10.6 Å². The Labute approximate surface area is 230 Å². The number of carbonyl (C=O) groups excluding carboxylic acids is 4. The minimum absolute atomic E-state index is 0.0102. The predicted octanol–water partition coefficient (Wildman–Crippen LogP) is 2.77. The minimum atomic E-state index is -5.15. The fourth-order valence-electron chi connectivity index (χ4n) is 5.95. The number of nitrogens with one attached hydrogen (secondary N) is 2. The first kappa shape index (κ1) is 27.9. The van der Waals surface area contributed by atoms with Crippen LogP contribution in [-0.2, 0) is 25.6 Å². The summed E-state index contributed by atoms with van der Waals surface area (Å²) in [6.07, 6.45) is -1.09. The highest BCUT2D eigenvalue weighted by molar-refractivity contribution is 6.00. The molecule has 1 saturated heterocycles. The number of nitriles is 1. The Hall–Kier alpha value is -3.62. The van der Waals surface area contributed by atoms with Crippen molar-refractivity contribution >= 4 is 29.3 Å². The number of alkyl halides is 3. The van der Waals surface area contributed by atoms with Gasteiger partial charge in [-0.3, -0.25) is 19.2 Å². The van der Waals surface area contributed by atoms with Crippen LogP contribution in [0.4, 0.5) is 18.9 Å². The zero-order valence-electron chi connectivity index (χ0n) is 22.2. The summed E-state index contributed by atoms with van der Waals surface area (Å²) < 4.78 is 39.1. The van der Waals surface area contributed by atoms with E-state index in [9.17, 15) is 37.6 Å². The van der Waals surface area contributed by atoms with E-state index in [1.165, 1.54) is 11.9 Å². The van der Waals surface area contributed by atoms with Gasteiger partial charge in [-0.25, -0.2) is 0 Å². The molecule has 214 valence electrons. The number of likely N-dealkylation sites (tertiary alicyclic amines) is 1. The van der Waals surface area contributed by atoms with E-state index in [1.54, 1.807) is 6.07 Å². The zero-order chi connectivity index (χ0) is 28.8. The third-order valence-corrected chi connectivity index (χ3v) is 8.62. The summed E-state index contributed by atoms with van der Waals surface area (Å²) in [4.78, 5) is 55.0. The lowest BCUT2D eigenvalue weighted by atomic mass is 9.76. The van der Waals surface area contributed by atoms with Gasteiger partial charge in [-0.1, -0.05) is 43.9 Å². The third-order valence-electron chi connectivity index (χ3n) is 8.62. The summed E-state index contributed by atoms with van der Waals surface area (Å²) >= 11 is 0. The Bertz CT molecular complexity index is 1260. The number of para-hydroxylation sites is 1. The maximum Gasteiger partial charge on any atom is 0.471 e. The highest BCUT2D eigenvalue weighted by atomic mass is 19.4. The molecule has 4 aliphatic rings. The van der Waals surface area contributed by atoms with Crippen molar-refractivity contribution in [3.8, 4) is 6.07 Å². The molecule has 2 unspecified atom stereocenters. The molecule has 0 aromatic heterocycles. The van der Waals surface area contributed by atoms with E-state index in [4.69, 9.17) is 0 Å². The Morgan fingerprint density at radius 2 is 1.82 bits per heavy atom. The number of benzene rings is 1. The molecule has 0 bridgehead atoms. The van der Waals surface area contributed by atoms with Gasteiger partial charge in [0.05, 0.1) is 11.5 Å². The molecular formula is C28H32F3N5O4. The second-order valence-corrected chi connectivity index (χ2v) is 11.7. The van der Waals surface area contributed by atoms with Crippen LogP contribution in [0.2, 0.25) is 0 Å². The van der Waals surface area contributed by atoms with Gasteiger partial charge in [0.15, 0.2) is 0 Å². The first-order valence-corrected chi connectivity index (χ1v) is 13.7. The average Bonchev–Trinajstić information content (AvgIpc) is 3.85. The molecule has 1 spiro atoms. The first-order valence-electron chi connectivity index (χ1n) is 13.7. The van der Waals surface area contributed by atoms with E-state index >= 15 is 0 Å². The second-order valence-electron chi connectivity index (χ2n) is 11.7. The van der Waals surface area contributed by atoms with Crippen molar-refractivity contribution in [1.29, 1.82) is 5.26 Å². The van der Waals surface area contributed by atoms with Gasteiger partial charge in [-0.2, -0.15) is 18.4 Å². The second kappa shape index (κ2) is 10.4. The Kier molecular flexibility index (Phi) is 7.27. The average molecular weight is 560 g/mol. The quantitative estimate of drug-likeness (QED) is 0.507. The third kappa shape index (κ3) is 5.64. The molecule has 5 rings (SSSR count). The van der Waals surface area contributed by atoms with E-state index < -0.39 is 47.4 Å². The van der Waals surface area contributed by atoms with E-state index in [-0.39, 0.29) is 37.1 Å². The molecule has 2 saturated carbocycles. The number of hydrogen-bond donors (Lipinski definition) is 2. The van der Waals surface area contributed by atoms with Gasteiger partial charge in [0.25, 0.3) is 0 Å². The Morgan fingerprint density at radius 1 is 1.18 bits per heavy atom. The summed E-state index contributed by atoms with van der Waals surface area (Å²) in [7, 11) is 1.36. The van der Waals surface area contributed by atoms with Crippen LogP contribution in [0.15, 0.2) is 24.3 Å². The standard InChI is InChI=1S/C28H32F3N5O4/c1-35(23(37)21(10-16-6-7-16)34-26(40)28(29,30)31)22(11-17-8-9-17)24(38)36-15-27(13-19(36)14-32)12-18-4-2-3-5-20(18)33-25(27)39/h2-5,16-17,19,21-22H,6-13,15H2,1H3,(H,33,39)(H,34,40)/t19-,21?,22?,27-/m0/s1. The van der Waals surface area contributed by atoms with Gasteiger partial charge in [0, 0.05) is 19.3 Å². The molecule has 2 aliphatic carbocycles.